The third-order valence-electron chi connectivity index (χ3n) is 3.77. The van der Waals surface area contributed by atoms with Crippen molar-refractivity contribution in [2.24, 2.45) is 0 Å². The smallest absolute Gasteiger partial charge is 0.402 e. The van der Waals surface area contributed by atoms with Gasteiger partial charge < -0.3 is 9.31 Å². The standard InChI is InChI=1S/C15H23BO2/c1-11-15(5,6)18-16(17-11)13-9-7-12(8-10-13)14(2,3)4/h7-11H,1-6H3. The van der Waals surface area contributed by atoms with Crippen molar-refractivity contribution >= 4 is 12.6 Å². The molecule has 1 unspecified atom stereocenters. The summed E-state index contributed by atoms with van der Waals surface area (Å²) in [7, 11) is -0.232. The summed E-state index contributed by atoms with van der Waals surface area (Å²) in [5.74, 6) is 0. The van der Waals surface area contributed by atoms with Crippen molar-refractivity contribution in [3.05, 3.63) is 29.8 Å². The van der Waals surface area contributed by atoms with Crippen LogP contribution in [0, 0.1) is 0 Å². The second-order valence-electron chi connectivity index (χ2n) is 6.70. The Balaban J connectivity index is 2.17. The molecule has 0 radical (unpaired) electrons. The maximum absolute atomic E-state index is 5.95. The lowest BCUT2D eigenvalue weighted by Gasteiger charge is -2.21. The van der Waals surface area contributed by atoms with Gasteiger partial charge in [0.2, 0.25) is 0 Å². The van der Waals surface area contributed by atoms with Crippen molar-refractivity contribution in [3.8, 4) is 0 Å². The average molecular weight is 246 g/mol. The second kappa shape index (κ2) is 4.39. The molecule has 1 saturated heterocycles. The lowest BCUT2D eigenvalue weighted by Crippen LogP contribution is -2.34. The molecule has 98 valence electrons. The van der Waals surface area contributed by atoms with Crippen molar-refractivity contribution in [1.29, 1.82) is 0 Å². The van der Waals surface area contributed by atoms with Gasteiger partial charge in [0.1, 0.15) is 0 Å². The summed E-state index contributed by atoms with van der Waals surface area (Å²) in [4.78, 5) is 0. The van der Waals surface area contributed by atoms with E-state index in [1.165, 1.54) is 5.56 Å². The number of benzene rings is 1. The molecule has 1 aliphatic heterocycles. The zero-order chi connectivity index (χ0) is 13.6. The maximum Gasteiger partial charge on any atom is 0.494 e. The first-order chi connectivity index (χ1) is 8.20. The largest absolute Gasteiger partial charge is 0.494 e. The summed E-state index contributed by atoms with van der Waals surface area (Å²) in [5.41, 5.74) is 2.40. The molecule has 0 aromatic heterocycles. The highest BCUT2D eigenvalue weighted by Gasteiger charge is 2.43. The Bertz CT molecular complexity index is 417. The van der Waals surface area contributed by atoms with Crippen molar-refractivity contribution in [2.45, 2.75) is 58.7 Å². The second-order valence-corrected chi connectivity index (χ2v) is 6.70. The molecule has 3 heteroatoms. The van der Waals surface area contributed by atoms with Crippen LogP contribution in [0.15, 0.2) is 24.3 Å². The summed E-state index contributed by atoms with van der Waals surface area (Å²) in [6.07, 6.45) is 0.116. The third kappa shape index (κ3) is 2.62. The van der Waals surface area contributed by atoms with Crippen LogP contribution in [0.5, 0.6) is 0 Å². The van der Waals surface area contributed by atoms with E-state index in [2.05, 4.69) is 65.8 Å². The van der Waals surface area contributed by atoms with Gasteiger partial charge in [-0.25, -0.2) is 0 Å². The fourth-order valence-corrected chi connectivity index (χ4v) is 2.04. The minimum Gasteiger partial charge on any atom is -0.402 e. The SMILES string of the molecule is CC1OB(c2ccc(C(C)(C)C)cc2)OC1(C)C. The minimum absolute atomic E-state index is 0.116. The van der Waals surface area contributed by atoms with E-state index >= 15 is 0 Å². The normalized spacial score (nSPS) is 23.4. The lowest BCUT2D eigenvalue weighted by atomic mass is 9.77. The molecule has 0 aliphatic carbocycles. The Morgan fingerprint density at radius 2 is 1.67 bits per heavy atom. The first kappa shape index (κ1) is 13.6. The summed E-state index contributed by atoms with van der Waals surface area (Å²) in [6.45, 7) is 12.9. The maximum atomic E-state index is 5.95. The van der Waals surface area contributed by atoms with Crippen LogP contribution in [0.3, 0.4) is 0 Å². The molecule has 0 N–H and O–H groups in total. The van der Waals surface area contributed by atoms with E-state index in [1.54, 1.807) is 0 Å². The Kier molecular flexibility index (Phi) is 3.33. The van der Waals surface area contributed by atoms with Gasteiger partial charge in [-0.3, -0.25) is 0 Å². The Hall–Kier alpha value is -0.795. The zero-order valence-electron chi connectivity index (χ0n) is 12.3. The van der Waals surface area contributed by atoms with Gasteiger partial charge in [0.25, 0.3) is 0 Å². The molecular weight excluding hydrogens is 223 g/mol. The van der Waals surface area contributed by atoms with E-state index in [0.717, 1.165) is 5.46 Å². The summed E-state index contributed by atoms with van der Waals surface area (Å²) in [6, 6.07) is 8.55. The predicted octanol–water partition coefficient (Wildman–Crippen LogP) is 2.89. The first-order valence-electron chi connectivity index (χ1n) is 6.64. The molecule has 2 nitrogen and oxygen atoms in total. The predicted molar refractivity (Wildman–Crippen MR) is 76.2 cm³/mol. The van der Waals surface area contributed by atoms with Gasteiger partial charge in [0, 0.05) is 0 Å². The molecule has 18 heavy (non-hydrogen) atoms. The lowest BCUT2D eigenvalue weighted by molar-refractivity contribution is 0.0842. The van der Waals surface area contributed by atoms with Crippen molar-refractivity contribution in [3.63, 3.8) is 0 Å². The van der Waals surface area contributed by atoms with E-state index in [1.807, 2.05) is 0 Å². The number of hydrogen-bond acceptors (Lipinski definition) is 2. The van der Waals surface area contributed by atoms with E-state index in [-0.39, 0.29) is 24.2 Å². The van der Waals surface area contributed by atoms with Gasteiger partial charge in [-0.05, 0) is 37.2 Å². The van der Waals surface area contributed by atoms with E-state index < -0.39 is 0 Å². The molecule has 0 bridgehead atoms. The van der Waals surface area contributed by atoms with Crippen LogP contribution in [0.1, 0.15) is 47.1 Å². The van der Waals surface area contributed by atoms with Crippen molar-refractivity contribution < 1.29 is 9.31 Å². The molecule has 1 aromatic rings. The molecule has 0 saturated carbocycles. The molecule has 1 heterocycles. The fourth-order valence-electron chi connectivity index (χ4n) is 2.04. The number of rotatable bonds is 1. The minimum atomic E-state index is -0.232. The van der Waals surface area contributed by atoms with Crippen LogP contribution in [0.25, 0.3) is 0 Å². The molecule has 1 aliphatic rings. The van der Waals surface area contributed by atoms with Crippen LogP contribution in [0.2, 0.25) is 0 Å². The van der Waals surface area contributed by atoms with Gasteiger partial charge in [0.05, 0.1) is 11.7 Å². The Labute approximate surface area is 111 Å². The van der Waals surface area contributed by atoms with Gasteiger partial charge in [0.15, 0.2) is 0 Å². The first-order valence-corrected chi connectivity index (χ1v) is 6.64. The van der Waals surface area contributed by atoms with E-state index in [4.69, 9.17) is 9.31 Å². The van der Waals surface area contributed by atoms with Crippen LogP contribution in [0.4, 0.5) is 0 Å². The van der Waals surface area contributed by atoms with Crippen LogP contribution in [-0.2, 0) is 14.7 Å². The highest BCUT2D eigenvalue weighted by atomic mass is 16.7. The molecule has 0 amide bonds. The van der Waals surface area contributed by atoms with E-state index in [0.29, 0.717) is 0 Å². The molecule has 0 spiro atoms. The molecule has 1 atom stereocenters. The molecular formula is C15H23BO2. The quantitative estimate of drug-likeness (QED) is 0.709. The molecule has 1 aromatic carbocycles. The summed E-state index contributed by atoms with van der Waals surface area (Å²) >= 11 is 0. The summed E-state index contributed by atoms with van der Waals surface area (Å²) < 4.78 is 11.8. The monoisotopic (exact) mass is 246 g/mol. The zero-order valence-corrected chi connectivity index (χ0v) is 12.3. The van der Waals surface area contributed by atoms with Crippen LogP contribution in [-0.4, -0.2) is 18.8 Å². The highest BCUT2D eigenvalue weighted by Crippen LogP contribution is 2.27. The van der Waals surface area contributed by atoms with Crippen LogP contribution >= 0.6 is 0 Å². The third-order valence-corrected chi connectivity index (χ3v) is 3.77. The summed E-state index contributed by atoms with van der Waals surface area (Å²) in [5, 5.41) is 0. The topological polar surface area (TPSA) is 18.5 Å². The highest BCUT2D eigenvalue weighted by molar-refractivity contribution is 6.61. The Morgan fingerprint density at radius 3 is 2.06 bits per heavy atom. The van der Waals surface area contributed by atoms with Gasteiger partial charge in [-0.15, -0.1) is 0 Å². The molecule has 1 fully saturated rings. The average Bonchev–Trinajstić information content (AvgIpc) is 2.53. The van der Waals surface area contributed by atoms with Gasteiger partial charge in [-0.2, -0.15) is 0 Å². The van der Waals surface area contributed by atoms with Crippen molar-refractivity contribution in [2.75, 3.05) is 0 Å². The van der Waals surface area contributed by atoms with Crippen molar-refractivity contribution in [1.82, 2.24) is 0 Å². The Morgan fingerprint density at radius 1 is 1.11 bits per heavy atom. The van der Waals surface area contributed by atoms with Crippen LogP contribution < -0.4 is 5.46 Å². The van der Waals surface area contributed by atoms with Gasteiger partial charge >= 0.3 is 7.12 Å². The van der Waals surface area contributed by atoms with E-state index in [9.17, 15) is 0 Å². The number of hydrogen-bond donors (Lipinski definition) is 0. The fraction of sp³-hybridized carbons (Fsp3) is 0.600. The van der Waals surface area contributed by atoms with Gasteiger partial charge in [-0.1, -0.05) is 45.0 Å². The molecule has 2 rings (SSSR count).